The van der Waals surface area contributed by atoms with Crippen LogP contribution in [0, 0.1) is 0 Å². The van der Waals surface area contributed by atoms with Gasteiger partial charge in [-0.2, -0.15) is 0 Å². The molecule has 0 atom stereocenters. The Kier molecular flexibility index (Phi) is 32.2. The number of nitrogens with zero attached hydrogens (tertiary/aromatic N) is 2. The van der Waals surface area contributed by atoms with Crippen LogP contribution in [0.4, 0.5) is 22.7 Å². The summed E-state index contributed by atoms with van der Waals surface area (Å²) in [6, 6.07) is 58.1. The molecule has 6 aromatic carbocycles. The predicted molar refractivity (Wildman–Crippen MR) is 232 cm³/mol. The molecule has 2 heteroatoms. The summed E-state index contributed by atoms with van der Waals surface area (Å²) in [5.41, 5.74) is 4.83. The number of hydrogen-bond donors (Lipinski definition) is 0. The Hall–Kier alpha value is -4.82. The van der Waals surface area contributed by atoms with Crippen molar-refractivity contribution >= 4 is 33.5 Å². The van der Waals surface area contributed by atoms with Crippen LogP contribution in [0.2, 0.25) is 0 Å². The minimum absolute atomic E-state index is 1.21. The maximum Gasteiger partial charge on any atom is 0.0408 e. The summed E-state index contributed by atoms with van der Waals surface area (Å²) in [4.78, 5) is 4.33. The summed E-state index contributed by atoms with van der Waals surface area (Å²) in [5.74, 6) is 0. The Balaban J connectivity index is 0. The molecule has 0 radical (unpaired) electrons. The van der Waals surface area contributed by atoms with E-state index in [0.717, 1.165) is 0 Å². The van der Waals surface area contributed by atoms with Gasteiger partial charge in [0.05, 0.1) is 0 Å². The number of anilines is 4. The molecular weight excluding hydrogens is 605 g/mol. The fourth-order valence-electron chi connectivity index (χ4n) is 4.04. The van der Waals surface area contributed by atoms with E-state index >= 15 is 0 Å². The molecule has 0 saturated heterocycles. The second-order valence-electron chi connectivity index (χ2n) is 9.81. The maximum absolute atomic E-state index is 2.18. The summed E-state index contributed by atoms with van der Waals surface area (Å²) in [6.07, 6.45) is 2.64. The molecule has 0 amide bonds. The molecule has 0 saturated carbocycles. The Morgan fingerprint density at radius 1 is 0.280 bits per heavy atom. The molecule has 0 aliphatic heterocycles. The van der Waals surface area contributed by atoms with Crippen LogP contribution in [-0.2, 0) is 0 Å². The molecular formula is C48H68N2. The van der Waals surface area contributed by atoms with E-state index in [2.05, 4.69) is 183 Å². The first-order chi connectivity index (χ1) is 24.6. The van der Waals surface area contributed by atoms with Crippen molar-refractivity contribution in [1.29, 1.82) is 0 Å². The second kappa shape index (κ2) is 34.1. The van der Waals surface area contributed by atoms with Gasteiger partial charge in [-0.15, -0.1) is 0 Å². The van der Waals surface area contributed by atoms with Gasteiger partial charge in [0.1, 0.15) is 0 Å². The predicted octanol–water partition coefficient (Wildman–Crippen LogP) is 15.7. The molecule has 270 valence electrons. The van der Waals surface area contributed by atoms with Crippen LogP contribution in [0.5, 0.6) is 0 Å². The lowest BCUT2D eigenvalue weighted by Gasteiger charge is -2.18. The summed E-state index contributed by atoms with van der Waals surface area (Å²) in [6.45, 7) is 20.4. The third-order valence-corrected chi connectivity index (χ3v) is 6.73. The molecule has 0 N–H and O–H groups in total. The molecule has 0 aliphatic rings. The van der Waals surface area contributed by atoms with E-state index in [1.807, 2.05) is 79.7 Å². The standard InChI is InChI=1S/2C13H13N.C10H8.C4H10.4C2H6/c2*1-14(12-8-4-2-5-9-12)13-10-6-3-7-11-13;1-2-6-10-8-4-3-7-9(10)5-1;1-3-4-2;4*1-2/h2*2-11H,1H3;1-8H;3-4H2,1-2H3;4*1-2H3. The normalized spacial score (nSPS) is 8.56. The van der Waals surface area contributed by atoms with E-state index in [9.17, 15) is 0 Å². The lowest BCUT2D eigenvalue weighted by molar-refractivity contribution is 0.886. The van der Waals surface area contributed by atoms with Crippen LogP contribution < -0.4 is 9.80 Å². The smallest absolute Gasteiger partial charge is 0.0408 e. The van der Waals surface area contributed by atoms with Gasteiger partial charge in [0.2, 0.25) is 0 Å². The summed E-state index contributed by atoms with van der Waals surface area (Å²) >= 11 is 0. The first kappa shape index (κ1) is 47.3. The zero-order chi connectivity index (χ0) is 37.8. The Bertz CT molecular complexity index is 1270. The molecule has 50 heavy (non-hydrogen) atoms. The lowest BCUT2D eigenvalue weighted by atomic mass is 10.1. The van der Waals surface area contributed by atoms with E-state index in [0.29, 0.717) is 0 Å². The van der Waals surface area contributed by atoms with Gasteiger partial charge in [0.15, 0.2) is 0 Å². The van der Waals surface area contributed by atoms with E-state index in [-0.39, 0.29) is 0 Å². The van der Waals surface area contributed by atoms with Crippen molar-refractivity contribution in [2.24, 2.45) is 0 Å². The minimum atomic E-state index is 1.21. The fourth-order valence-corrected chi connectivity index (χ4v) is 4.04. The lowest BCUT2D eigenvalue weighted by Crippen LogP contribution is -2.08. The van der Waals surface area contributed by atoms with Crippen LogP contribution >= 0.6 is 0 Å². The molecule has 6 aromatic rings. The highest BCUT2D eigenvalue weighted by Crippen LogP contribution is 2.23. The highest BCUT2D eigenvalue weighted by Gasteiger charge is 2.01. The second-order valence-corrected chi connectivity index (χ2v) is 9.81. The van der Waals surface area contributed by atoms with Gasteiger partial charge in [-0.3, -0.25) is 0 Å². The number of para-hydroxylation sites is 4. The van der Waals surface area contributed by atoms with Gasteiger partial charge in [0, 0.05) is 36.8 Å². The number of benzene rings is 6. The number of rotatable bonds is 5. The highest BCUT2D eigenvalue weighted by atomic mass is 15.1. The van der Waals surface area contributed by atoms with Crippen molar-refractivity contribution in [3.8, 4) is 0 Å². The van der Waals surface area contributed by atoms with Crippen molar-refractivity contribution in [3.05, 3.63) is 170 Å². The van der Waals surface area contributed by atoms with Crippen molar-refractivity contribution in [2.75, 3.05) is 23.9 Å². The zero-order valence-electron chi connectivity index (χ0n) is 33.5. The van der Waals surface area contributed by atoms with Crippen LogP contribution in [0.25, 0.3) is 10.8 Å². The molecule has 6 rings (SSSR count). The quantitative estimate of drug-likeness (QED) is 0.180. The minimum Gasteiger partial charge on any atom is -0.345 e. The van der Waals surface area contributed by atoms with E-state index in [1.165, 1.54) is 46.4 Å². The highest BCUT2D eigenvalue weighted by molar-refractivity contribution is 5.82. The largest absolute Gasteiger partial charge is 0.345 e. The zero-order valence-corrected chi connectivity index (χ0v) is 33.5. The van der Waals surface area contributed by atoms with E-state index in [1.54, 1.807) is 0 Å². The number of hydrogen-bond acceptors (Lipinski definition) is 2. The van der Waals surface area contributed by atoms with Crippen molar-refractivity contribution in [3.63, 3.8) is 0 Å². The van der Waals surface area contributed by atoms with Crippen LogP contribution in [0.3, 0.4) is 0 Å². The fraction of sp³-hybridized carbons (Fsp3) is 0.292. The average Bonchev–Trinajstić information content (AvgIpc) is 3.25. The third kappa shape index (κ3) is 19.9. The van der Waals surface area contributed by atoms with Crippen molar-refractivity contribution in [2.45, 2.75) is 82.1 Å². The summed E-state index contributed by atoms with van der Waals surface area (Å²) in [7, 11) is 4.15. The SMILES string of the molecule is CC.CC.CC.CC.CCCC.CN(c1ccccc1)c1ccccc1.CN(c1ccccc1)c1ccccc1.c1ccc2ccccc2c1. The van der Waals surface area contributed by atoms with Gasteiger partial charge in [-0.25, -0.2) is 0 Å². The monoisotopic (exact) mass is 673 g/mol. The number of unbranched alkanes of at least 4 members (excludes halogenated alkanes) is 1. The molecule has 0 spiro atoms. The van der Waals surface area contributed by atoms with Crippen LogP contribution in [0.15, 0.2) is 170 Å². The Morgan fingerprint density at radius 2 is 0.440 bits per heavy atom. The van der Waals surface area contributed by atoms with Gasteiger partial charge in [-0.05, 0) is 59.3 Å². The van der Waals surface area contributed by atoms with Gasteiger partial charge < -0.3 is 9.80 Å². The first-order valence-electron chi connectivity index (χ1n) is 18.8. The van der Waals surface area contributed by atoms with Gasteiger partial charge in [-0.1, -0.05) is 203 Å². The molecule has 0 bridgehead atoms. The third-order valence-electron chi connectivity index (χ3n) is 6.73. The molecule has 2 nitrogen and oxygen atoms in total. The molecule has 0 aromatic heterocycles. The van der Waals surface area contributed by atoms with Crippen molar-refractivity contribution < 1.29 is 0 Å². The molecule has 0 heterocycles. The van der Waals surface area contributed by atoms with Gasteiger partial charge in [0.25, 0.3) is 0 Å². The van der Waals surface area contributed by atoms with E-state index < -0.39 is 0 Å². The average molecular weight is 673 g/mol. The first-order valence-corrected chi connectivity index (χ1v) is 18.8. The van der Waals surface area contributed by atoms with Crippen molar-refractivity contribution in [1.82, 2.24) is 0 Å². The topological polar surface area (TPSA) is 6.48 Å². The number of fused-ring (bicyclic) bond motifs is 1. The Labute approximate surface area is 308 Å². The van der Waals surface area contributed by atoms with Crippen LogP contribution in [0.1, 0.15) is 82.1 Å². The Morgan fingerprint density at radius 3 is 0.600 bits per heavy atom. The van der Waals surface area contributed by atoms with Gasteiger partial charge >= 0.3 is 0 Å². The summed E-state index contributed by atoms with van der Waals surface area (Å²) < 4.78 is 0. The molecule has 0 fully saturated rings. The van der Waals surface area contributed by atoms with E-state index in [4.69, 9.17) is 0 Å². The maximum atomic E-state index is 2.18. The molecule has 0 unspecified atom stereocenters. The van der Waals surface area contributed by atoms with Crippen LogP contribution in [-0.4, -0.2) is 14.1 Å². The summed E-state index contributed by atoms with van der Waals surface area (Å²) in [5, 5.41) is 2.62. The molecule has 0 aliphatic carbocycles.